The van der Waals surface area contributed by atoms with Crippen molar-refractivity contribution in [1.29, 1.82) is 0 Å². The third-order valence-electron chi connectivity index (χ3n) is 1.69. The van der Waals surface area contributed by atoms with E-state index >= 15 is 0 Å². The van der Waals surface area contributed by atoms with E-state index in [4.69, 9.17) is 5.11 Å². The number of hydrogen-bond acceptors (Lipinski definition) is 3. The van der Waals surface area contributed by atoms with Crippen molar-refractivity contribution in [3.63, 3.8) is 0 Å². The standard InChI is InChI=1S/C11H7F3O3/c12-7-5-8(13)10(9(14)6-7)11(16)17-4-2-1-3-15/h5-6,15H,3-4H2. The molecule has 0 aliphatic carbocycles. The molecule has 1 N–H and O–H groups in total. The first kappa shape index (κ1) is 13.1. The smallest absolute Gasteiger partial charge is 0.345 e. The molecule has 0 saturated carbocycles. The number of aliphatic hydroxyl groups is 1. The van der Waals surface area contributed by atoms with E-state index in [1.54, 1.807) is 0 Å². The Kier molecular flexibility index (Phi) is 4.55. The number of aliphatic hydroxyl groups excluding tert-OH is 1. The molecule has 0 saturated heterocycles. The highest BCUT2D eigenvalue weighted by atomic mass is 19.1. The second-order valence-electron chi connectivity index (χ2n) is 2.83. The molecule has 0 aromatic heterocycles. The third kappa shape index (κ3) is 3.50. The van der Waals surface area contributed by atoms with Crippen molar-refractivity contribution >= 4 is 5.97 Å². The summed E-state index contributed by atoms with van der Waals surface area (Å²) < 4.78 is 43.1. The van der Waals surface area contributed by atoms with Gasteiger partial charge in [0.1, 0.15) is 29.6 Å². The van der Waals surface area contributed by atoms with E-state index in [2.05, 4.69) is 16.6 Å². The van der Waals surface area contributed by atoms with Gasteiger partial charge in [0.2, 0.25) is 0 Å². The lowest BCUT2D eigenvalue weighted by Gasteiger charge is -2.03. The van der Waals surface area contributed by atoms with Gasteiger partial charge in [-0.3, -0.25) is 0 Å². The Morgan fingerprint density at radius 1 is 1.24 bits per heavy atom. The van der Waals surface area contributed by atoms with Gasteiger partial charge in [-0.15, -0.1) is 0 Å². The molecule has 0 aliphatic rings. The molecular weight excluding hydrogens is 237 g/mol. The van der Waals surface area contributed by atoms with E-state index in [1.807, 2.05) is 0 Å². The Hall–Kier alpha value is -2.00. The molecule has 1 aromatic carbocycles. The van der Waals surface area contributed by atoms with Crippen LogP contribution in [-0.4, -0.2) is 24.3 Å². The van der Waals surface area contributed by atoms with E-state index in [9.17, 15) is 18.0 Å². The lowest BCUT2D eigenvalue weighted by molar-refractivity contribution is 0.0545. The summed E-state index contributed by atoms with van der Waals surface area (Å²) >= 11 is 0. The summed E-state index contributed by atoms with van der Waals surface area (Å²) in [6.07, 6.45) is 0. The van der Waals surface area contributed by atoms with Gasteiger partial charge in [0, 0.05) is 12.1 Å². The average Bonchev–Trinajstić information content (AvgIpc) is 2.23. The Morgan fingerprint density at radius 3 is 2.35 bits per heavy atom. The Morgan fingerprint density at radius 2 is 1.82 bits per heavy atom. The summed E-state index contributed by atoms with van der Waals surface area (Å²) in [7, 11) is 0. The molecular formula is C11H7F3O3. The highest BCUT2D eigenvalue weighted by Gasteiger charge is 2.19. The van der Waals surface area contributed by atoms with Crippen LogP contribution < -0.4 is 0 Å². The van der Waals surface area contributed by atoms with Gasteiger partial charge in [-0.05, 0) is 0 Å². The zero-order valence-electron chi connectivity index (χ0n) is 8.47. The van der Waals surface area contributed by atoms with Gasteiger partial charge in [-0.25, -0.2) is 18.0 Å². The monoisotopic (exact) mass is 244 g/mol. The molecule has 0 heterocycles. The van der Waals surface area contributed by atoms with Crippen LogP contribution in [0.4, 0.5) is 13.2 Å². The molecule has 0 aliphatic heterocycles. The molecule has 0 radical (unpaired) electrons. The lowest BCUT2D eigenvalue weighted by Crippen LogP contribution is -2.11. The van der Waals surface area contributed by atoms with Crippen LogP contribution in [-0.2, 0) is 4.74 Å². The topological polar surface area (TPSA) is 46.5 Å². The predicted molar refractivity (Wildman–Crippen MR) is 51.5 cm³/mol. The minimum absolute atomic E-state index is 0.374. The maximum absolute atomic E-state index is 13.1. The molecule has 90 valence electrons. The third-order valence-corrected chi connectivity index (χ3v) is 1.69. The zero-order valence-corrected chi connectivity index (χ0v) is 8.47. The summed E-state index contributed by atoms with van der Waals surface area (Å²) in [5, 5.41) is 8.29. The second kappa shape index (κ2) is 5.92. The molecule has 6 heteroatoms. The van der Waals surface area contributed by atoms with Gasteiger partial charge in [0.25, 0.3) is 0 Å². The molecule has 0 unspecified atom stereocenters. The summed E-state index contributed by atoms with van der Waals surface area (Å²) in [5.74, 6) is -0.704. The lowest BCUT2D eigenvalue weighted by atomic mass is 10.2. The molecule has 0 atom stereocenters. The van der Waals surface area contributed by atoms with E-state index in [1.165, 1.54) is 0 Å². The fraction of sp³-hybridized carbons (Fsp3) is 0.182. The molecule has 0 bridgehead atoms. The van der Waals surface area contributed by atoms with Crippen molar-refractivity contribution in [1.82, 2.24) is 0 Å². The normalized spacial score (nSPS) is 9.41. The largest absolute Gasteiger partial charge is 0.449 e. The fourth-order valence-electron chi connectivity index (χ4n) is 1.02. The van der Waals surface area contributed by atoms with Crippen LogP contribution in [0.3, 0.4) is 0 Å². The van der Waals surface area contributed by atoms with Crippen molar-refractivity contribution in [3.05, 3.63) is 35.1 Å². The Labute approximate surface area is 94.8 Å². The van der Waals surface area contributed by atoms with E-state index < -0.39 is 42.2 Å². The summed E-state index contributed by atoms with van der Waals surface area (Å²) in [5.41, 5.74) is -0.975. The van der Waals surface area contributed by atoms with Gasteiger partial charge >= 0.3 is 5.97 Å². The number of benzene rings is 1. The average molecular weight is 244 g/mol. The first-order chi connectivity index (χ1) is 8.06. The summed E-state index contributed by atoms with van der Waals surface area (Å²) in [6.45, 7) is -0.841. The van der Waals surface area contributed by atoms with Gasteiger partial charge in [-0.1, -0.05) is 11.8 Å². The number of carbonyl (C=O) groups is 1. The Bertz CT molecular complexity index is 465. The number of hydrogen-bond donors (Lipinski definition) is 1. The highest BCUT2D eigenvalue weighted by Crippen LogP contribution is 2.15. The quantitative estimate of drug-likeness (QED) is 0.629. The fourth-order valence-corrected chi connectivity index (χ4v) is 1.02. The summed E-state index contributed by atoms with van der Waals surface area (Å²) in [4.78, 5) is 11.2. The van der Waals surface area contributed by atoms with E-state index in [-0.39, 0.29) is 0 Å². The van der Waals surface area contributed by atoms with Crippen LogP contribution in [0.2, 0.25) is 0 Å². The van der Waals surface area contributed by atoms with E-state index in [0.29, 0.717) is 12.1 Å². The van der Waals surface area contributed by atoms with Crippen LogP contribution in [0.25, 0.3) is 0 Å². The van der Waals surface area contributed by atoms with Crippen LogP contribution in [0.15, 0.2) is 12.1 Å². The van der Waals surface area contributed by atoms with Gasteiger partial charge in [0.15, 0.2) is 6.61 Å². The first-order valence-electron chi connectivity index (χ1n) is 4.44. The van der Waals surface area contributed by atoms with Gasteiger partial charge < -0.3 is 9.84 Å². The van der Waals surface area contributed by atoms with Crippen LogP contribution in [0, 0.1) is 29.3 Å². The molecule has 0 spiro atoms. The second-order valence-corrected chi connectivity index (χ2v) is 2.83. The van der Waals surface area contributed by atoms with Crippen molar-refractivity contribution in [2.24, 2.45) is 0 Å². The van der Waals surface area contributed by atoms with Crippen LogP contribution >= 0.6 is 0 Å². The number of esters is 1. The van der Waals surface area contributed by atoms with Gasteiger partial charge in [-0.2, -0.15) is 0 Å². The van der Waals surface area contributed by atoms with Crippen molar-refractivity contribution in [2.75, 3.05) is 13.2 Å². The molecule has 17 heavy (non-hydrogen) atoms. The first-order valence-corrected chi connectivity index (χ1v) is 4.44. The van der Waals surface area contributed by atoms with Crippen LogP contribution in [0.1, 0.15) is 10.4 Å². The van der Waals surface area contributed by atoms with Crippen LogP contribution in [0.5, 0.6) is 0 Å². The predicted octanol–water partition coefficient (Wildman–Crippen LogP) is 1.26. The SMILES string of the molecule is O=C(OCC#CCO)c1c(F)cc(F)cc1F. The van der Waals surface area contributed by atoms with Gasteiger partial charge in [0.05, 0.1) is 0 Å². The Balaban J connectivity index is 2.82. The van der Waals surface area contributed by atoms with E-state index in [0.717, 1.165) is 0 Å². The van der Waals surface area contributed by atoms with Crippen molar-refractivity contribution in [2.45, 2.75) is 0 Å². The minimum atomic E-state index is -1.34. The number of halogens is 3. The van der Waals surface area contributed by atoms with Crippen molar-refractivity contribution in [3.8, 4) is 11.8 Å². The molecule has 0 fully saturated rings. The van der Waals surface area contributed by atoms with Crippen molar-refractivity contribution < 1.29 is 27.8 Å². The maximum Gasteiger partial charge on any atom is 0.345 e. The number of carbonyl (C=O) groups excluding carboxylic acids is 1. The number of ether oxygens (including phenoxy) is 1. The summed E-state index contributed by atoms with van der Waals surface area (Å²) in [6, 6.07) is 0.748. The maximum atomic E-state index is 13.1. The minimum Gasteiger partial charge on any atom is -0.449 e. The molecule has 1 aromatic rings. The molecule has 0 amide bonds. The number of rotatable bonds is 2. The highest BCUT2D eigenvalue weighted by molar-refractivity contribution is 5.90. The molecule has 3 nitrogen and oxygen atoms in total. The zero-order chi connectivity index (χ0) is 12.8. The molecule has 1 rings (SSSR count).